The lowest BCUT2D eigenvalue weighted by molar-refractivity contribution is 0.0769. The summed E-state index contributed by atoms with van der Waals surface area (Å²) >= 11 is 5.69. The topological polar surface area (TPSA) is 55.3 Å². The molecule has 1 atom stereocenters. The van der Waals surface area contributed by atoms with Crippen LogP contribution in [0.3, 0.4) is 0 Å². The van der Waals surface area contributed by atoms with Gasteiger partial charge in [0.25, 0.3) is 5.91 Å². The predicted octanol–water partition coefficient (Wildman–Crippen LogP) is 2.70. The Hall–Kier alpha value is -2.28. The number of hydrogen-bond donors (Lipinski definition) is 0. The average Bonchev–Trinajstić information content (AvgIpc) is 3.00. The molecule has 0 aliphatic carbocycles. The number of hydrogen-bond acceptors (Lipinski definition) is 4. The summed E-state index contributed by atoms with van der Waals surface area (Å²) in [5, 5.41) is 0.402. The first-order valence-corrected chi connectivity index (χ1v) is 7.29. The molecule has 0 radical (unpaired) electrons. The summed E-state index contributed by atoms with van der Waals surface area (Å²) in [6.07, 6.45) is 3.18. The largest absolute Gasteiger partial charge is 0.458 e. The van der Waals surface area contributed by atoms with Gasteiger partial charge in [0, 0.05) is 18.5 Å². The zero-order chi connectivity index (χ0) is 16.4. The number of nitrogens with zero attached hydrogens (tertiary/aromatic N) is 3. The van der Waals surface area contributed by atoms with Gasteiger partial charge >= 0.3 is 6.01 Å². The lowest BCUT2D eigenvalue weighted by Gasteiger charge is -2.16. The smallest absolute Gasteiger partial charge is 0.316 e. The Morgan fingerprint density at radius 2 is 2.00 bits per heavy atom. The summed E-state index contributed by atoms with van der Waals surface area (Å²) in [6.45, 7) is 0.778. The summed E-state index contributed by atoms with van der Waals surface area (Å²) < 4.78 is 31.7. The molecule has 3 rings (SSSR count). The van der Waals surface area contributed by atoms with Crippen molar-refractivity contribution in [1.29, 1.82) is 0 Å². The maximum absolute atomic E-state index is 13.2. The molecule has 8 heteroatoms. The molecule has 0 spiro atoms. The molecule has 0 N–H and O–H groups in total. The summed E-state index contributed by atoms with van der Waals surface area (Å²) in [5.41, 5.74) is 0.104. The van der Waals surface area contributed by atoms with Crippen LogP contribution in [0, 0.1) is 11.6 Å². The Kier molecular flexibility index (Phi) is 4.38. The van der Waals surface area contributed by atoms with Crippen molar-refractivity contribution in [2.24, 2.45) is 0 Å². The molecule has 1 amide bonds. The number of aromatic nitrogens is 2. The third kappa shape index (κ3) is 3.56. The number of likely N-dealkylation sites (tertiary alicyclic amines) is 1. The van der Waals surface area contributed by atoms with Gasteiger partial charge in [0.15, 0.2) is 11.6 Å². The van der Waals surface area contributed by atoms with E-state index in [4.69, 9.17) is 16.3 Å². The molecule has 0 saturated carbocycles. The van der Waals surface area contributed by atoms with Crippen LogP contribution >= 0.6 is 11.6 Å². The number of carbonyl (C=O) groups excluding carboxylic acids is 1. The van der Waals surface area contributed by atoms with E-state index in [0.29, 0.717) is 24.5 Å². The van der Waals surface area contributed by atoms with Crippen LogP contribution in [0.4, 0.5) is 8.78 Å². The van der Waals surface area contributed by atoms with Gasteiger partial charge in [0.05, 0.1) is 24.0 Å². The fourth-order valence-corrected chi connectivity index (χ4v) is 2.43. The number of carbonyl (C=O) groups is 1. The SMILES string of the molecule is O=C(c1ccc(F)c(F)c1)N1CC[C@H](Oc2ncc(Cl)cn2)C1. The van der Waals surface area contributed by atoms with E-state index in [2.05, 4.69) is 9.97 Å². The van der Waals surface area contributed by atoms with Crippen LogP contribution in [0.1, 0.15) is 16.8 Å². The second kappa shape index (κ2) is 6.45. The summed E-state index contributed by atoms with van der Waals surface area (Å²) in [5.74, 6) is -2.39. The van der Waals surface area contributed by atoms with E-state index in [1.807, 2.05) is 0 Å². The zero-order valence-corrected chi connectivity index (χ0v) is 12.6. The lowest BCUT2D eigenvalue weighted by atomic mass is 10.2. The highest BCUT2D eigenvalue weighted by atomic mass is 35.5. The fourth-order valence-electron chi connectivity index (χ4n) is 2.33. The third-order valence-electron chi connectivity index (χ3n) is 3.47. The molecule has 0 bridgehead atoms. The van der Waals surface area contributed by atoms with Crippen LogP contribution in [-0.2, 0) is 0 Å². The number of benzene rings is 1. The van der Waals surface area contributed by atoms with Gasteiger partial charge in [-0.3, -0.25) is 4.79 Å². The molecule has 2 aromatic rings. The zero-order valence-electron chi connectivity index (χ0n) is 11.9. The Bertz CT molecular complexity index is 727. The van der Waals surface area contributed by atoms with Crippen LogP contribution in [-0.4, -0.2) is 40.0 Å². The van der Waals surface area contributed by atoms with E-state index >= 15 is 0 Å². The van der Waals surface area contributed by atoms with E-state index in [0.717, 1.165) is 12.1 Å². The van der Waals surface area contributed by atoms with Gasteiger partial charge in [0.2, 0.25) is 0 Å². The average molecular weight is 340 g/mol. The van der Waals surface area contributed by atoms with Gasteiger partial charge in [-0.1, -0.05) is 11.6 Å². The Morgan fingerprint density at radius 1 is 1.26 bits per heavy atom. The molecule has 1 saturated heterocycles. The normalized spacial score (nSPS) is 17.3. The standard InChI is InChI=1S/C15H12ClF2N3O2/c16-10-6-19-15(20-7-10)23-11-3-4-21(8-11)14(22)9-1-2-12(17)13(18)5-9/h1-2,5-7,11H,3-4,8H2/t11-/m0/s1. The molecule has 5 nitrogen and oxygen atoms in total. The molecule has 1 aliphatic rings. The summed E-state index contributed by atoms with van der Waals surface area (Å²) in [7, 11) is 0. The molecular weight excluding hydrogens is 328 g/mol. The van der Waals surface area contributed by atoms with Gasteiger partial charge < -0.3 is 9.64 Å². The highest BCUT2D eigenvalue weighted by molar-refractivity contribution is 6.30. The van der Waals surface area contributed by atoms with Gasteiger partial charge in [-0.2, -0.15) is 0 Å². The first-order valence-electron chi connectivity index (χ1n) is 6.91. The van der Waals surface area contributed by atoms with Crippen molar-refractivity contribution >= 4 is 17.5 Å². The molecule has 120 valence electrons. The van der Waals surface area contributed by atoms with E-state index in [1.165, 1.54) is 23.4 Å². The van der Waals surface area contributed by atoms with Crippen molar-refractivity contribution < 1.29 is 18.3 Å². The second-order valence-electron chi connectivity index (χ2n) is 5.09. The van der Waals surface area contributed by atoms with Crippen LogP contribution in [0.2, 0.25) is 5.02 Å². The predicted molar refractivity (Wildman–Crippen MR) is 78.3 cm³/mol. The molecule has 2 heterocycles. The van der Waals surface area contributed by atoms with Crippen molar-refractivity contribution in [3.05, 3.63) is 52.8 Å². The van der Waals surface area contributed by atoms with Crippen LogP contribution < -0.4 is 4.74 Å². The maximum atomic E-state index is 13.2. The van der Waals surface area contributed by atoms with Crippen molar-refractivity contribution in [3.63, 3.8) is 0 Å². The third-order valence-corrected chi connectivity index (χ3v) is 3.66. The second-order valence-corrected chi connectivity index (χ2v) is 5.53. The first-order chi connectivity index (χ1) is 11.0. The van der Waals surface area contributed by atoms with E-state index in [-0.39, 0.29) is 23.6 Å². The quantitative estimate of drug-likeness (QED) is 0.862. The van der Waals surface area contributed by atoms with E-state index < -0.39 is 11.6 Å². The first kappa shape index (κ1) is 15.6. The minimum atomic E-state index is -1.04. The molecular formula is C15H12ClF2N3O2. The van der Waals surface area contributed by atoms with Crippen molar-refractivity contribution in [2.75, 3.05) is 13.1 Å². The Morgan fingerprint density at radius 3 is 2.70 bits per heavy atom. The highest BCUT2D eigenvalue weighted by Gasteiger charge is 2.29. The van der Waals surface area contributed by atoms with Crippen molar-refractivity contribution in [1.82, 2.24) is 14.9 Å². The summed E-state index contributed by atoms with van der Waals surface area (Å²) in [6, 6.07) is 3.28. The number of amides is 1. The number of rotatable bonds is 3. The van der Waals surface area contributed by atoms with Gasteiger partial charge in [-0.05, 0) is 18.2 Å². The number of ether oxygens (including phenoxy) is 1. The highest BCUT2D eigenvalue weighted by Crippen LogP contribution is 2.19. The lowest BCUT2D eigenvalue weighted by Crippen LogP contribution is -2.31. The minimum Gasteiger partial charge on any atom is -0.458 e. The van der Waals surface area contributed by atoms with Gasteiger partial charge in [-0.25, -0.2) is 18.7 Å². The Balaban J connectivity index is 1.63. The van der Waals surface area contributed by atoms with Crippen LogP contribution in [0.25, 0.3) is 0 Å². The molecule has 1 aromatic carbocycles. The van der Waals surface area contributed by atoms with Gasteiger partial charge in [-0.15, -0.1) is 0 Å². The molecule has 23 heavy (non-hydrogen) atoms. The molecule has 1 aromatic heterocycles. The van der Waals surface area contributed by atoms with Crippen molar-refractivity contribution in [2.45, 2.75) is 12.5 Å². The molecule has 1 fully saturated rings. The van der Waals surface area contributed by atoms with E-state index in [9.17, 15) is 13.6 Å². The molecule has 0 unspecified atom stereocenters. The summed E-state index contributed by atoms with van der Waals surface area (Å²) in [4.78, 5) is 21.7. The minimum absolute atomic E-state index is 0.104. The van der Waals surface area contributed by atoms with Gasteiger partial charge in [0.1, 0.15) is 6.10 Å². The monoisotopic (exact) mass is 339 g/mol. The van der Waals surface area contributed by atoms with Crippen LogP contribution in [0.15, 0.2) is 30.6 Å². The Labute approximate surface area is 135 Å². The van der Waals surface area contributed by atoms with Crippen LogP contribution in [0.5, 0.6) is 6.01 Å². The maximum Gasteiger partial charge on any atom is 0.316 e. The molecule has 1 aliphatic heterocycles. The van der Waals surface area contributed by atoms with E-state index in [1.54, 1.807) is 0 Å². The fraction of sp³-hybridized carbons (Fsp3) is 0.267. The number of halogens is 3. The van der Waals surface area contributed by atoms with Crippen molar-refractivity contribution in [3.8, 4) is 6.01 Å².